The van der Waals surface area contributed by atoms with E-state index in [1.807, 2.05) is 6.92 Å². The summed E-state index contributed by atoms with van der Waals surface area (Å²) in [6.07, 6.45) is 0.0741. The fraction of sp³-hybridized carbons (Fsp3) is 1.00. The zero-order valence-electron chi connectivity index (χ0n) is 4.22. The Bertz CT molecular complexity index is 59.2. The number of nitrogens with one attached hydrogen (secondary N) is 1. The SMILES string of the molecule is CC1NCN(N)O1. The van der Waals surface area contributed by atoms with Gasteiger partial charge in [0, 0.05) is 0 Å². The van der Waals surface area contributed by atoms with E-state index < -0.39 is 0 Å². The van der Waals surface area contributed by atoms with Crippen molar-refractivity contribution in [1.29, 1.82) is 0 Å². The van der Waals surface area contributed by atoms with Gasteiger partial charge in [-0.05, 0) is 6.92 Å². The van der Waals surface area contributed by atoms with Gasteiger partial charge in [0.15, 0.2) is 0 Å². The predicted octanol–water partition coefficient (Wildman–Crippen LogP) is -1.000. The van der Waals surface area contributed by atoms with Gasteiger partial charge in [0.25, 0.3) is 0 Å². The molecule has 1 saturated heterocycles. The van der Waals surface area contributed by atoms with Gasteiger partial charge in [-0.3, -0.25) is 10.2 Å². The summed E-state index contributed by atoms with van der Waals surface area (Å²) in [5.41, 5.74) is 0. The highest BCUT2D eigenvalue weighted by molar-refractivity contribution is 4.48. The Morgan fingerprint density at radius 2 is 2.71 bits per heavy atom. The highest BCUT2D eigenvalue weighted by Crippen LogP contribution is 1.93. The molecule has 1 aliphatic rings. The lowest BCUT2D eigenvalue weighted by atomic mass is 10.7. The van der Waals surface area contributed by atoms with Gasteiger partial charge < -0.3 is 0 Å². The van der Waals surface area contributed by atoms with Crippen LogP contribution in [0, 0.1) is 0 Å². The van der Waals surface area contributed by atoms with Crippen molar-refractivity contribution in [2.45, 2.75) is 13.2 Å². The molecule has 1 unspecified atom stereocenters. The lowest BCUT2D eigenvalue weighted by Crippen LogP contribution is -2.27. The largest absolute Gasteiger partial charge is 0.274 e. The molecule has 0 radical (unpaired) electrons. The molecule has 0 aliphatic carbocycles. The molecule has 42 valence electrons. The molecule has 4 nitrogen and oxygen atoms in total. The maximum absolute atomic E-state index is 5.17. The molecule has 0 aromatic heterocycles. The number of hydroxylamine groups is 1. The zero-order chi connectivity index (χ0) is 5.28. The molecule has 4 heteroatoms. The average Bonchev–Trinajstić information content (AvgIpc) is 1.87. The number of nitrogens with two attached hydrogens (primary N) is 1. The standard InChI is InChI=1S/C3H9N3O/c1-3-5-2-6(4)7-3/h3,5H,2,4H2,1H3. The van der Waals surface area contributed by atoms with Crippen molar-refractivity contribution in [2.75, 3.05) is 6.67 Å². The normalized spacial score (nSPS) is 34.3. The van der Waals surface area contributed by atoms with Gasteiger partial charge >= 0.3 is 0 Å². The minimum atomic E-state index is 0.0741. The number of hydrogen-bond acceptors (Lipinski definition) is 4. The van der Waals surface area contributed by atoms with Crippen molar-refractivity contribution in [1.82, 2.24) is 10.5 Å². The van der Waals surface area contributed by atoms with E-state index in [0.29, 0.717) is 6.67 Å². The Balaban J connectivity index is 2.26. The van der Waals surface area contributed by atoms with Gasteiger partial charge in [0.05, 0.1) is 6.67 Å². The summed E-state index contributed by atoms with van der Waals surface area (Å²) in [5.74, 6) is 5.17. The minimum Gasteiger partial charge on any atom is -0.274 e. The lowest BCUT2D eigenvalue weighted by molar-refractivity contribution is -0.143. The molecule has 0 aromatic rings. The topological polar surface area (TPSA) is 50.5 Å². The average molecular weight is 103 g/mol. The third-order valence-electron chi connectivity index (χ3n) is 0.828. The van der Waals surface area contributed by atoms with E-state index in [2.05, 4.69) is 5.32 Å². The van der Waals surface area contributed by atoms with E-state index in [1.165, 1.54) is 5.17 Å². The molecular formula is C3H9N3O. The number of rotatable bonds is 0. The smallest absolute Gasteiger partial charge is 0.129 e. The van der Waals surface area contributed by atoms with Crippen LogP contribution < -0.4 is 11.2 Å². The fourth-order valence-electron chi connectivity index (χ4n) is 0.496. The van der Waals surface area contributed by atoms with Crippen molar-refractivity contribution >= 4 is 0 Å². The Kier molecular flexibility index (Phi) is 1.25. The number of hydrogen-bond donors (Lipinski definition) is 2. The van der Waals surface area contributed by atoms with E-state index in [4.69, 9.17) is 10.7 Å². The summed E-state index contributed by atoms with van der Waals surface area (Å²) in [5, 5.41) is 4.22. The Morgan fingerprint density at radius 1 is 2.00 bits per heavy atom. The quantitative estimate of drug-likeness (QED) is 0.386. The molecule has 0 bridgehead atoms. The first-order valence-electron chi connectivity index (χ1n) is 2.21. The first-order valence-corrected chi connectivity index (χ1v) is 2.21. The summed E-state index contributed by atoms with van der Waals surface area (Å²) >= 11 is 0. The van der Waals surface area contributed by atoms with Crippen LogP contribution in [-0.2, 0) is 4.84 Å². The first-order chi connectivity index (χ1) is 3.29. The van der Waals surface area contributed by atoms with Crippen LogP contribution in [0.25, 0.3) is 0 Å². The third-order valence-corrected chi connectivity index (χ3v) is 0.828. The first kappa shape index (κ1) is 4.99. The van der Waals surface area contributed by atoms with Crippen LogP contribution in [0.5, 0.6) is 0 Å². The van der Waals surface area contributed by atoms with E-state index in [0.717, 1.165) is 0 Å². The molecule has 0 saturated carbocycles. The van der Waals surface area contributed by atoms with Gasteiger partial charge in [0.1, 0.15) is 6.23 Å². The fourth-order valence-corrected chi connectivity index (χ4v) is 0.496. The van der Waals surface area contributed by atoms with Gasteiger partial charge in [0.2, 0.25) is 0 Å². The second kappa shape index (κ2) is 1.75. The van der Waals surface area contributed by atoms with Crippen molar-refractivity contribution in [3.05, 3.63) is 0 Å². The van der Waals surface area contributed by atoms with Crippen LogP contribution in [0.15, 0.2) is 0 Å². The van der Waals surface area contributed by atoms with Crippen LogP contribution in [0.1, 0.15) is 6.92 Å². The Hall–Kier alpha value is -0.160. The number of nitrogens with zero attached hydrogens (tertiary/aromatic N) is 1. The maximum Gasteiger partial charge on any atom is 0.129 e. The van der Waals surface area contributed by atoms with E-state index in [-0.39, 0.29) is 6.23 Å². The summed E-state index contributed by atoms with van der Waals surface area (Å²) in [6.45, 7) is 2.51. The highest BCUT2D eigenvalue weighted by Gasteiger charge is 2.13. The summed E-state index contributed by atoms with van der Waals surface area (Å²) in [6, 6.07) is 0. The maximum atomic E-state index is 5.17. The van der Waals surface area contributed by atoms with E-state index in [9.17, 15) is 0 Å². The molecule has 1 heterocycles. The van der Waals surface area contributed by atoms with Crippen LogP contribution in [0.2, 0.25) is 0 Å². The molecule has 0 spiro atoms. The summed E-state index contributed by atoms with van der Waals surface area (Å²) in [7, 11) is 0. The van der Waals surface area contributed by atoms with Crippen LogP contribution in [-0.4, -0.2) is 18.1 Å². The molecular weight excluding hydrogens is 94.1 g/mol. The molecule has 1 fully saturated rings. The predicted molar refractivity (Wildman–Crippen MR) is 24.6 cm³/mol. The second-order valence-electron chi connectivity index (χ2n) is 1.53. The number of hydrazine groups is 1. The summed E-state index contributed by atoms with van der Waals surface area (Å²) in [4.78, 5) is 4.86. The minimum absolute atomic E-state index is 0.0741. The second-order valence-corrected chi connectivity index (χ2v) is 1.53. The van der Waals surface area contributed by atoms with E-state index >= 15 is 0 Å². The molecule has 1 aliphatic heterocycles. The molecule has 1 atom stereocenters. The molecule has 1 rings (SSSR count). The van der Waals surface area contributed by atoms with Gasteiger partial charge in [-0.2, -0.15) is 0 Å². The van der Waals surface area contributed by atoms with Crippen LogP contribution in [0.4, 0.5) is 0 Å². The van der Waals surface area contributed by atoms with Crippen LogP contribution >= 0.6 is 0 Å². The molecule has 0 amide bonds. The van der Waals surface area contributed by atoms with Crippen molar-refractivity contribution in [3.63, 3.8) is 0 Å². The van der Waals surface area contributed by atoms with Crippen molar-refractivity contribution in [2.24, 2.45) is 5.84 Å². The van der Waals surface area contributed by atoms with Crippen LogP contribution in [0.3, 0.4) is 0 Å². The monoisotopic (exact) mass is 103 g/mol. The Morgan fingerprint density at radius 3 is 2.86 bits per heavy atom. The van der Waals surface area contributed by atoms with E-state index in [1.54, 1.807) is 0 Å². The van der Waals surface area contributed by atoms with Crippen molar-refractivity contribution in [3.8, 4) is 0 Å². The Labute approximate surface area is 42.2 Å². The van der Waals surface area contributed by atoms with Gasteiger partial charge in [-0.25, -0.2) is 5.84 Å². The zero-order valence-corrected chi connectivity index (χ0v) is 4.22. The lowest BCUT2D eigenvalue weighted by Gasteiger charge is -2.02. The van der Waals surface area contributed by atoms with Gasteiger partial charge in [-0.1, -0.05) is 0 Å². The summed E-state index contributed by atoms with van der Waals surface area (Å²) < 4.78 is 0. The van der Waals surface area contributed by atoms with Gasteiger partial charge in [-0.15, -0.1) is 5.17 Å². The molecule has 3 N–H and O–H groups in total. The third kappa shape index (κ3) is 1.10. The van der Waals surface area contributed by atoms with Crippen molar-refractivity contribution < 1.29 is 4.84 Å². The molecule has 7 heavy (non-hydrogen) atoms. The molecule has 0 aromatic carbocycles. The highest BCUT2D eigenvalue weighted by atomic mass is 16.7.